The van der Waals surface area contributed by atoms with Crippen LogP contribution in [-0.4, -0.2) is 8.80 Å². The largest absolute Gasteiger partial charge is 0.313 e. The third-order valence-corrected chi connectivity index (χ3v) is 17.5. The minimum absolute atomic E-state index is 0.306. The quantitative estimate of drug-likeness (QED) is 0.136. The molecular weight excluding hydrogens is 957 g/mol. The topological polar surface area (TPSA) is 15.3 Å². The smallest absolute Gasteiger partial charge is 0.0641 e. The summed E-state index contributed by atoms with van der Waals surface area (Å²) in [4.78, 5) is 5.14. The fraction of sp³-hybridized carbons (Fsp3) is 0.147. The Balaban J connectivity index is 1.01. The average Bonchev–Trinajstić information content (AvgIpc) is 4.41. The molecule has 0 amide bonds. The molecule has 4 aromatic heterocycles. The Morgan fingerprint density at radius 3 is 1.35 bits per heavy atom. The first-order valence-electron chi connectivity index (χ1n) is 28.4. The van der Waals surface area contributed by atoms with Crippen LogP contribution in [0.4, 0.5) is 28.4 Å². The molecule has 1 unspecified atom stereocenters. The Bertz CT molecular complexity index is 4780. The molecule has 4 heteroatoms. The second kappa shape index (κ2) is 18.0. The van der Waals surface area contributed by atoms with E-state index in [4.69, 9.17) is 0 Å². The number of allylic oxidation sites excluding steroid dienone is 4. The number of aryl methyl sites for hydroxylation is 1. The fourth-order valence-corrected chi connectivity index (χ4v) is 13.6. The zero-order valence-electron chi connectivity index (χ0n) is 46.0. The van der Waals surface area contributed by atoms with Crippen LogP contribution in [0, 0.1) is 12.8 Å². The highest BCUT2D eigenvalue weighted by molar-refractivity contribution is 6.32. The number of aromatic nitrogens is 2. The van der Waals surface area contributed by atoms with E-state index in [0.29, 0.717) is 17.8 Å². The minimum Gasteiger partial charge on any atom is -0.313 e. The van der Waals surface area contributed by atoms with Gasteiger partial charge in [0.1, 0.15) is 0 Å². The van der Waals surface area contributed by atoms with Crippen LogP contribution in [0.5, 0.6) is 0 Å². The van der Waals surface area contributed by atoms with Crippen molar-refractivity contribution in [2.75, 3.05) is 9.80 Å². The van der Waals surface area contributed by atoms with Gasteiger partial charge < -0.3 is 18.6 Å². The van der Waals surface area contributed by atoms with Gasteiger partial charge in [0.05, 0.1) is 55.8 Å². The highest BCUT2D eigenvalue weighted by Crippen LogP contribution is 2.53. The molecule has 4 heterocycles. The Kier molecular flexibility index (Phi) is 10.7. The van der Waals surface area contributed by atoms with Crippen LogP contribution in [0.25, 0.3) is 98.4 Å². The number of fused-ring (bicyclic) bond motifs is 12. The Morgan fingerprint density at radius 2 is 0.861 bits per heavy atom. The summed E-state index contributed by atoms with van der Waals surface area (Å²) in [5.41, 5.74) is 24.8. The van der Waals surface area contributed by atoms with Gasteiger partial charge in [0.2, 0.25) is 0 Å². The maximum atomic E-state index is 2.62. The first-order valence-corrected chi connectivity index (χ1v) is 28.4. The van der Waals surface area contributed by atoms with Crippen LogP contribution in [0.3, 0.4) is 0 Å². The number of rotatable bonds is 10. The monoisotopic (exact) mass is 1020 g/mol. The van der Waals surface area contributed by atoms with Crippen LogP contribution in [0.1, 0.15) is 76.5 Å². The van der Waals surface area contributed by atoms with Gasteiger partial charge in [-0.25, -0.2) is 0 Å². The molecule has 0 aliphatic heterocycles. The SMILES string of the molecule is CC1=CC=C(N(c2ccc(C(C)C)cc2-c2ccccc2)c2ccc3c4cc5c(cc4n4c6ccccc6c2c34)c2ccc(N(c3ccc(C)cc3)c3ccc(C(C)C)cc3-c3ccccc3)c3c4ccccc4n5c23)C(C)C1. The molecule has 4 nitrogen and oxygen atoms in total. The molecule has 0 saturated carbocycles. The Hall–Kier alpha value is -9.12. The molecule has 0 radical (unpaired) electrons. The molecule has 1 aliphatic rings. The summed E-state index contributed by atoms with van der Waals surface area (Å²) in [5, 5.41) is 10.1. The lowest BCUT2D eigenvalue weighted by molar-refractivity contribution is 0.648. The van der Waals surface area contributed by atoms with E-state index in [9.17, 15) is 0 Å². The maximum absolute atomic E-state index is 2.62. The Labute approximate surface area is 462 Å². The normalized spacial score (nSPS) is 14.2. The van der Waals surface area contributed by atoms with E-state index in [1.807, 2.05) is 0 Å². The molecule has 79 heavy (non-hydrogen) atoms. The van der Waals surface area contributed by atoms with E-state index in [1.54, 1.807) is 0 Å². The highest BCUT2D eigenvalue weighted by atomic mass is 15.2. The number of anilines is 5. The van der Waals surface area contributed by atoms with Crippen molar-refractivity contribution in [1.29, 1.82) is 0 Å². The molecule has 0 saturated heterocycles. The van der Waals surface area contributed by atoms with Crippen molar-refractivity contribution in [3.8, 4) is 22.3 Å². The summed E-state index contributed by atoms with van der Waals surface area (Å²) in [6, 6.07) is 78.2. The second-order valence-corrected chi connectivity index (χ2v) is 23.1. The van der Waals surface area contributed by atoms with E-state index in [2.05, 4.69) is 285 Å². The number of hydrogen-bond acceptors (Lipinski definition) is 2. The third kappa shape index (κ3) is 7.13. The summed E-state index contributed by atoms with van der Waals surface area (Å²) in [6.07, 6.45) is 5.75. The predicted octanol–water partition coefficient (Wildman–Crippen LogP) is 21.4. The third-order valence-electron chi connectivity index (χ3n) is 17.5. The van der Waals surface area contributed by atoms with Gasteiger partial charge >= 0.3 is 0 Å². The van der Waals surface area contributed by atoms with Crippen molar-refractivity contribution in [2.24, 2.45) is 5.92 Å². The summed E-state index contributed by atoms with van der Waals surface area (Å²) in [6.45, 7) is 16.0. The van der Waals surface area contributed by atoms with Crippen LogP contribution in [0.2, 0.25) is 0 Å². The number of nitrogens with zero attached hydrogens (tertiary/aromatic N) is 4. The lowest BCUT2D eigenvalue weighted by atomic mass is 9.90. The van der Waals surface area contributed by atoms with Crippen molar-refractivity contribution < 1.29 is 0 Å². The van der Waals surface area contributed by atoms with E-state index in [0.717, 1.165) is 23.5 Å². The molecular formula is C75H62N4. The van der Waals surface area contributed by atoms with Crippen molar-refractivity contribution in [1.82, 2.24) is 8.80 Å². The van der Waals surface area contributed by atoms with Crippen LogP contribution >= 0.6 is 0 Å². The summed E-state index contributed by atoms with van der Waals surface area (Å²) in [7, 11) is 0. The molecule has 0 bridgehead atoms. The zero-order chi connectivity index (χ0) is 53.4. The van der Waals surface area contributed by atoms with Gasteiger partial charge in [-0.3, -0.25) is 0 Å². The molecule has 0 N–H and O–H groups in total. The predicted molar refractivity (Wildman–Crippen MR) is 338 cm³/mol. The van der Waals surface area contributed by atoms with Crippen molar-refractivity contribution in [3.05, 3.63) is 246 Å². The van der Waals surface area contributed by atoms with Gasteiger partial charge in [-0.2, -0.15) is 0 Å². The first-order chi connectivity index (χ1) is 38.6. The molecule has 0 spiro atoms. The van der Waals surface area contributed by atoms with Crippen LogP contribution in [-0.2, 0) is 0 Å². The van der Waals surface area contributed by atoms with E-state index in [-0.39, 0.29) is 0 Å². The van der Waals surface area contributed by atoms with Gasteiger partial charge in [0.25, 0.3) is 0 Å². The molecule has 382 valence electrons. The van der Waals surface area contributed by atoms with Crippen molar-refractivity contribution in [2.45, 2.75) is 66.7 Å². The molecule has 1 atom stereocenters. The Morgan fingerprint density at radius 1 is 0.405 bits per heavy atom. The molecule has 1 aliphatic carbocycles. The number of para-hydroxylation sites is 2. The number of benzene rings is 10. The van der Waals surface area contributed by atoms with Gasteiger partial charge in [0, 0.05) is 71.5 Å². The highest BCUT2D eigenvalue weighted by Gasteiger charge is 2.31. The summed E-state index contributed by atoms with van der Waals surface area (Å²) in [5.74, 6) is 1.09. The first kappa shape index (κ1) is 47.1. The second-order valence-electron chi connectivity index (χ2n) is 23.1. The van der Waals surface area contributed by atoms with Crippen LogP contribution in [0.15, 0.2) is 230 Å². The van der Waals surface area contributed by atoms with Gasteiger partial charge in [-0.05, 0) is 133 Å². The van der Waals surface area contributed by atoms with Gasteiger partial charge in [0.15, 0.2) is 0 Å². The standard InChI is InChI=1S/C75H62N4/c1-45(2)52-29-36-66(59(41-52)50-18-10-8-11-19-50)76(54-31-26-47(5)27-32-54)68-38-33-55-61-43-71-62(44-70(61)78-64-24-16-14-22-57(64)72(68)74(55)78)56-34-39-69(73-58-23-15-17-25-65(58)79(71)75(56)73)77(63-35-28-48(6)40-49(63)7)67-37-30-53(46(3)4)42-60(67)51-20-12-9-13-21-51/h8-39,41-46,49H,40H2,1-7H3. The number of hydrogen-bond donors (Lipinski definition) is 0. The summed E-state index contributed by atoms with van der Waals surface area (Å²) < 4.78 is 5.16. The van der Waals surface area contributed by atoms with Gasteiger partial charge in [-0.1, -0.05) is 185 Å². The van der Waals surface area contributed by atoms with E-state index in [1.165, 1.54) is 138 Å². The van der Waals surface area contributed by atoms with Crippen molar-refractivity contribution >= 4 is 105 Å². The minimum atomic E-state index is 0.306. The fourth-order valence-electron chi connectivity index (χ4n) is 13.6. The maximum Gasteiger partial charge on any atom is 0.0641 e. The lowest BCUT2D eigenvalue weighted by Crippen LogP contribution is -2.24. The zero-order valence-corrected chi connectivity index (χ0v) is 46.0. The van der Waals surface area contributed by atoms with Gasteiger partial charge in [-0.15, -0.1) is 0 Å². The van der Waals surface area contributed by atoms with Crippen LogP contribution < -0.4 is 9.80 Å². The molecule has 15 rings (SSSR count). The molecule has 10 aromatic carbocycles. The van der Waals surface area contributed by atoms with E-state index < -0.39 is 0 Å². The average molecular weight is 1020 g/mol. The summed E-state index contributed by atoms with van der Waals surface area (Å²) >= 11 is 0. The van der Waals surface area contributed by atoms with E-state index >= 15 is 0 Å². The molecule has 14 aromatic rings. The lowest BCUT2D eigenvalue weighted by Gasteiger charge is -2.35. The van der Waals surface area contributed by atoms with Crippen molar-refractivity contribution in [3.63, 3.8) is 0 Å². The molecule has 0 fully saturated rings.